The maximum Gasteiger partial charge on any atom is 0.277 e. The van der Waals surface area contributed by atoms with Crippen molar-refractivity contribution in [3.63, 3.8) is 0 Å². The zero-order valence-corrected chi connectivity index (χ0v) is 17.7. The molecule has 1 N–H and O–H groups in total. The van der Waals surface area contributed by atoms with E-state index in [2.05, 4.69) is 37.4 Å². The van der Waals surface area contributed by atoms with Crippen molar-refractivity contribution in [3.8, 4) is 29.6 Å². The number of nitrogens with one attached hydrogen (secondary N) is 1. The highest BCUT2D eigenvalue weighted by atomic mass is 79.9. The summed E-state index contributed by atoms with van der Waals surface area (Å²) in [6.07, 6.45) is 8.38. The summed E-state index contributed by atoms with van der Waals surface area (Å²) in [6, 6.07) is 12.8. The van der Waals surface area contributed by atoms with E-state index in [1.807, 2.05) is 24.3 Å². The summed E-state index contributed by atoms with van der Waals surface area (Å²) < 4.78 is 17.0. The normalized spacial score (nSPS) is 10.6. The maximum absolute atomic E-state index is 12.1. The Morgan fingerprint density at radius 1 is 1.27 bits per heavy atom. The van der Waals surface area contributed by atoms with E-state index in [0.717, 1.165) is 5.39 Å². The van der Waals surface area contributed by atoms with E-state index in [1.165, 1.54) is 13.3 Å². The van der Waals surface area contributed by atoms with Crippen molar-refractivity contribution in [3.05, 3.63) is 58.7 Å². The van der Waals surface area contributed by atoms with Crippen LogP contribution >= 0.6 is 15.9 Å². The van der Waals surface area contributed by atoms with E-state index in [0.29, 0.717) is 32.8 Å². The fourth-order valence-electron chi connectivity index (χ4n) is 2.62. The molecule has 0 radical (unpaired) electrons. The number of fused-ring (bicyclic) bond motifs is 1. The van der Waals surface area contributed by atoms with Crippen molar-refractivity contribution in [2.45, 2.75) is 0 Å². The largest absolute Gasteiger partial charge is 0.493 e. The molecule has 3 rings (SSSR count). The first-order chi connectivity index (χ1) is 14.6. The molecule has 3 aromatic rings. The van der Waals surface area contributed by atoms with Crippen LogP contribution < -0.4 is 19.6 Å². The number of terminal acetylenes is 1. The van der Waals surface area contributed by atoms with Crippen LogP contribution in [0.15, 0.2) is 58.2 Å². The monoisotopic (exact) mass is 467 g/mol. The average Bonchev–Trinajstić information content (AvgIpc) is 2.76. The summed E-state index contributed by atoms with van der Waals surface area (Å²) in [4.78, 5) is 16.3. The molecule has 0 aliphatic rings. The van der Waals surface area contributed by atoms with Gasteiger partial charge in [-0.15, -0.1) is 6.42 Å². The molecule has 2 aromatic carbocycles. The van der Waals surface area contributed by atoms with Gasteiger partial charge in [-0.1, -0.05) is 24.1 Å². The molecule has 152 valence electrons. The second-order valence-electron chi connectivity index (χ2n) is 5.94. The van der Waals surface area contributed by atoms with Crippen molar-refractivity contribution in [1.29, 1.82) is 0 Å². The molecule has 0 saturated carbocycles. The molecule has 0 aliphatic carbocycles. The predicted molar refractivity (Wildman–Crippen MR) is 118 cm³/mol. The third-order valence-corrected chi connectivity index (χ3v) is 4.50. The Balaban J connectivity index is 1.60. The van der Waals surface area contributed by atoms with E-state index in [1.54, 1.807) is 24.4 Å². The fraction of sp³-hybridized carbons (Fsp3) is 0.136. The van der Waals surface area contributed by atoms with Crippen LogP contribution in [-0.2, 0) is 4.79 Å². The second-order valence-corrected chi connectivity index (χ2v) is 6.79. The van der Waals surface area contributed by atoms with Gasteiger partial charge in [-0.2, -0.15) is 5.10 Å². The number of hydrogen-bond acceptors (Lipinski definition) is 6. The molecule has 0 saturated heterocycles. The van der Waals surface area contributed by atoms with Crippen molar-refractivity contribution in [1.82, 2.24) is 10.4 Å². The van der Waals surface area contributed by atoms with Crippen LogP contribution in [0, 0.1) is 12.3 Å². The first-order valence-corrected chi connectivity index (χ1v) is 9.64. The quantitative estimate of drug-likeness (QED) is 0.311. The average molecular weight is 468 g/mol. The Bertz CT molecular complexity index is 1120. The van der Waals surface area contributed by atoms with Crippen LogP contribution in [-0.4, -0.2) is 37.4 Å². The highest BCUT2D eigenvalue weighted by Crippen LogP contribution is 2.36. The molecule has 1 heterocycles. The Morgan fingerprint density at radius 2 is 2.10 bits per heavy atom. The number of methoxy groups -OCH3 is 1. The third-order valence-electron chi connectivity index (χ3n) is 3.91. The number of nitrogens with zero attached hydrogens (tertiary/aromatic N) is 2. The lowest BCUT2D eigenvalue weighted by molar-refractivity contribution is -0.123. The lowest BCUT2D eigenvalue weighted by Crippen LogP contribution is -2.24. The predicted octanol–water partition coefficient (Wildman–Crippen LogP) is 3.55. The number of halogens is 1. The molecule has 1 aromatic heterocycles. The summed E-state index contributed by atoms with van der Waals surface area (Å²) in [5.74, 6) is 3.51. The zero-order chi connectivity index (χ0) is 21.3. The molecule has 0 atom stereocenters. The van der Waals surface area contributed by atoms with Gasteiger partial charge in [0.15, 0.2) is 18.1 Å². The van der Waals surface area contributed by atoms with Crippen LogP contribution in [0.3, 0.4) is 0 Å². The lowest BCUT2D eigenvalue weighted by atomic mass is 10.2. The number of para-hydroxylation sites is 1. The number of pyridine rings is 1. The van der Waals surface area contributed by atoms with Crippen LogP contribution in [0.1, 0.15) is 5.56 Å². The van der Waals surface area contributed by atoms with E-state index in [-0.39, 0.29) is 13.2 Å². The number of aromatic nitrogens is 1. The topological polar surface area (TPSA) is 82.0 Å². The Labute approximate surface area is 182 Å². The van der Waals surface area contributed by atoms with Gasteiger partial charge in [-0.25, -0.2) is 5.43 Å². The van der Waals surface area contributed by atoms with Crippen molar-refractivity contribution in [2.75, 3.05) is 20.3 Å². The van der Waals surface area contributed by atoms with Gasteiger partial charge in [0.25, 0.3) is 5.91 Å². The SMILES string of the molecule is C#CCOc1c(Br)cc(/C=N\NC(=O)COc2cccc3cccnc23)cc1OC. The van der Waals surface area contributed by atoms with Crippen LogP contribution in [0.5, 0.6) is 17.2 Å². The smallest absolute Gasteiger partial charge is 0.277 e. The van der Waals surface area contributed by atoms with Crippen LogP contribution in [0.4, 0.5) is 0 Å². The zero-order valence-electron chi connectivity index (χ0n) is 16.1. The van der Waals surface area contributed by atoms with Gasteiger partial charge in [-0.05, 0) is 45.8 Å². The van der Waals surface area contributed by atoms with E-state index < -0.39 is 5.91 Å². The molecule has 0 aliphatic heterocycles. The number of amides is 1. The van der Waals surface area contributed by atoms with E-state index >= 15 is 0 Å². The lowest BCUT2D eigenvalue weighted by Gasteiger charge is -2.11. The summed E-state index contributed by atoms with van der Waals surface area (Å²) in [6.45, 7) is -0.0798. The maximum atomic E-state index is 12.1. The standard InChI is InChI=1S/C22H18BrN3O4/c1-3-10-29-22-17(23)11-15(12-19(22)28-2)13-25-26-20(27)14-30-18-8-4-6-16-7-5-9-24-21(16)18/h1,4-9,11-13H,10,14H2,2H3,(H,26,27)/b25-13-. The van der Waals surface area contributed by atoms with Gasteiger partial charge in [0.1, 0.15) is 17.9 Å². The summed E-state index contributed by atoms with van der Waals surface area (Å²) in [5, 5.41) is 4.89. The molecule has 1 amide bonds. The Hall–Kier alpha value is -3.57. The first-order valence-electron chi connectivity index (χ1n) is 8.84. The van der Waals surface area contributed by atoms with Crippen LogP contribution in [0.2, 0.25) is 0 Å². The molecule has 30 heavy (non-hydrogen) atoms. The van der Waals surface area contributed by atoms with Gasteiger partial charge in [0.05, 0.1) is 17.8 Å². The molecule has 0 spiro atoms. The van der Waals surface area contributed by atoms with E-state index in [9.17, 15) is 4.79 Å². The van der Waals surface area contributed by atoms with Crippen molar-refractivity contribution >= 4 is 39.0 Å². The number of hydrazone groups is 1. The molecule has 0 fully saturated rings. The number of carbonyl (C=O) groups excluding carboxylic acids is 1. The molecule has 0 unspecified atom stereocenters. The Morgan fingerprint density at radius 3 is 2.90 bits per heavy atom. The summed E-state index contributed by atoms with van der Waals surface area (Å²) in [5.41, 5.74) is 3.81. The van der Waals surface area contributed by atoms with Crippen molar-refractivity contribution in [2.24, 2.45) is 5.10 Å². The Kier molecular flexibility index (Phi) is 7.24. The molecular weight excluding hydrogens is 450 g/mol. The van der Waals surface area contributed by atoms with Crippen molar-refractivity contribution < 1.29 is 19.0 Å². The van der Waals surface area contributed by atoms with Gasteiger partial charge in [0.2, 0.25) is 0 Å². The minimum Gasteiger partial charge on any atom is -0.493 e. The third kappa shape index (κ3) is 5.27. The van der Waals surface area contributed by atoms with Gasteiger partial charge in [-0.3, -0.25) is 9.78 Å². The first kappa shape index (κ1) is 21.1. The second kappa shape index (κ2) is 10.3. The summed E-state index contributed by atoms with van der Waals surface area (Å²) in [7, 11) is 1.52. The summed E-state index contributed by atoms with van der Waals surface area (Å²) >= 11 is 3.41. The minimum absolute atomic E-state index is 0.116. The number of carbonyl (C=O) groups is 1. The van der Waals surface area contributed by atoms with E-state index in [4.69, 9.17) is 20.6 Å². The van der Waals surface area contributed by atoms with Gasteiger partial charge in [0, 0.05) is 11.6 Å². The number of benzene rings is 2. The van der Waals surface area contributed by atoms with Gasteiger partial charge < -0.3 is 14.2 Å². The highest BCUT2D eigenvalue weighted by molar-refractivity contribution is 9.10. The number of ether oxygens (including phenoxy) is 3. The van der Waals surface area contributed by atoms with Crippen LogP contribution in [0.25, 0.3) is 10.9 Å². The molecular formula is C22H18BrN3O4. The highest BCUT2D eigenvalue weighted by Gasteiger charge is 2.11. The fourth-order valence-corrected chi connectivity index (χ4v) is 3.19. The number of hydrogen-bond donors (Lipinski definition) is 1. The molecule has 7 nitrogen and oxygen atoms in total. The number of rotatable bonds is 8. The van der Waals surface area contributed by atoms with Gasteiger partial charge >= 0.3 is 0 Å². The molecule has 0 bridgehead atoms. The minimum atomic E-state index is -0.404. The molecule has 8 heteroatoms.